The zero-order valence-corrected chi connectivity index (χ0v) is 14.2. The predicted octanol–water partition coefficient (Wildman–Crippen LogP) is 4.74. The number of aromatic nitrogens is 2. The standard InChI is InChI=1S/C21H23N3/c1-23-20(18-13-7-3-8-14-18)19(17-11-5-2-6-12-17)22-21(23)24-15-9-4-10-16-24/h2-3,5-8,11-14H,4,9-10,15-16H2,1H3. The zero-order valence-electron chi connectivity index (χ0n) is 14.2. The molecule has 1 aliphatic rings. The number of benzene rings is 2. The van der Waals surface area contributed by atoms with E-state index in [-0.39, 0.29) is 0 Å². The molecule has 0 amide bonds. The highest BCUT2D eigenvalue weighted by Crippen LogP contribution is 2.35. The smallest absolute Gasteiger partial charge is 0.206 e. The highest BCUT2D eigenvalue weighted by Gasteiger charge is 2.22. The molecule has 0 N–H and O–H groups in total. The summed E-state index contributed by atoms with van der Waals surface area (Å²) >= 11 is 0. The summed E-state index contributed by atoms with van der Waals surface area (Å²) in [5.41, 5.74) is 4.66. The number of anilines is 1. The van der Waals surface area contributed by atoms with Crippen LogP contribution in [0.2, 0.25) is 0 Å². The predicted molar refractivity (Wildman–Crippen MR) is 100 cm³/mol. The molecule has 0 atom stereocenters. The van der Waals surface area contributed by atoms with Crippen molar-refractivity contribution in [3.63, 3.8) is 0 Å². The molecule has 1 fully saturated rings. The molecule has 1 aromatic heterocycles. The summed E-state index contributed by atoms with van der Waals surface area (Å²) in [6, 6.07) is 21.1. The fourth-order valence-electron chi connectivity index (χ4n) is 3.59. The summed E-state index contributed by atoms with van der Waals surface area (Å²) in [5.74, 6) is 1.09. The minimum atomic E-state index is 1.07. The topological polar surface area (TPSA) is 21.1 Å². The summed E-state index contributed by atoms with van der Waals surface area (Å²) in [7, 11) is 2.14. The van der Waals surface area contributed by atoms with Crippen LogP contribution >= 0.6 is 0 Å². The normalized spacial score (nSPS) is 14.8. The van der Waals surface area contributed by atoms with Crippen LogP contribution in [0.25, 0.3) is 22.5 Å². The second-order valence-corrected chi connectivity index (χ2v) is 6.45. The molecule has 2 heterocycles. The van der Waals surface area contributed by atoms with E-state index in [1.165, 1.54) is 36.1 Å². The first-order chi connectivity index (χ1) is 11.8. The van der Waals surface area contributed by atoms with Crippen molar-refractivity contribution in [1.29, 1.82) is 0 Å². The molecule has 3 aromatic rings. The minimum absolute atomic E-state index is 1.07. The molecule has 1 saturated heterocycles. The van der Waals surface area contributed by atoms with Crippen LogP contribution in [-0.2, 0) is 7.05 Å². The molecule has 0 radical (unpaired) electrons. The van der Waals surface area contributed by atoms with E-state index in [0.29, 0.717) is 0 Å². The Balaban J connectivity index is 1.88. The quantitative estimate of drug-likeness (QED) is 0.695. The van der Waals surface area contributed by atoms with Crippen LogP contribution in [0.5, 0.6) is 0 Å². The van der Waals surface area contributed by atoms with E-state index in [1.54, 1.807) is 0 Å². The Morgan fingerprint density at radius 3 is 1.96 bits per heavy atom. The van der Waals surface area contributed by atoms with Gasteiger partial charge in [-0.1, -0.05) is 60.7 Å². The van der Waals surface area contributed by atoms with Crippen molar-refractivity contribution in [1.82, 2.24) is 9.55 Å². The zero-order chi connectivity index (χ0) is 16.4. The molecule has 1 aliphatic heterocycles. The van der Waals surface area contributed by atoms with Crippen LogP contribution in [0, 0.1) is 0 Å². The van der Waals surface area contributed by atoms with Gasteiger partial charge < -0.3 is 9.47 Å². The monoisotopic (exact) mass is 317 g/mol. The van der Waals surface area contributed by atoms with Gasteiger partial charge in [-0.15, -0.1) is 0 Å². The minimum Gasteiger partial charge on any atom is -0.342 e. The number of hydrogen-bond acceptors (Lipinski definition) is 2. The van der Waals surface area contributed by atoms with Crippen molar-refractivity contribution in [2.45, 2.75) is 19.3 Å². The molecule has 3 nitrogen and oxygen atoms in total. The van der Waals surface area contributed by atoms with Crippen molar-refractivity contribution < 1.29 is 0 Å². The Morgan fingerprint density at radius 2 is 1.33 bits per heavy atom. The largest absolute Gasteiger partial charge is 0.342 e. The van der Waals surface area contributed by atoms with Gasteiger partial charge in [0, 0.05) is 31.3 Å². The summed E-state index contributed by atoms with van der Waals surface area (Å²) in [6.45, 7) is 2.21. The van der Waals surface area contributed by atoms with Gasteiger partial charge in [0.05, 0.1) is 11.4 Å². The molecule has 0 unspecified atom stereocenters. The third-order valence-corrected chi connectivity index (χ3v) is 4.80. The van der Waals surface area contributed by atoms with Gasteiger partial charge >= 0.3 is 0 Å². The summed E-state index contributed by atoms with van der Waals surface area (Å²) in [6.07, 6.45) is 3.85. The number of piperidine rings is 1. The first-order valence-corrected chi connectivity index (χ1v) is 8.77. The van der Waals surface area contributed by atoms with Crippen molar-refractivity contribution in [2.24, 2.45) is 7.05 Å². The maximum absolute atomic E-state index is 5.07. The highest BCUT2D eigenvalue weighted by molar-refractivity contribution is 5.80. The van der Waals surface area contributed by atoms with Gasteiger partial charge in [0.15, 0.2) is 0 Å². The molecule has 0 bridgehead atoms. The maximum Gasteiger partial charge on any atom is 0.206 e. The fourth-order valence-corrected chi connectivity index (χ4v) is 3.59. The molecule has 24 heavy (non-hydrogen) atoms. The van der Waals surface area contributed by atoms with Gasteiger partial charge in [-0.2, -0.15) is 0 Å². The van der Waals surface area contributed by atoms with E-state index < -0.39 is 0 Å². The third-order valence-electron chi connectivity index (χ3n) is 4.80. The number of rotatable bonds is 3. The van der Waals surface area contributed by atoms with E-state index in [4.69, 9.17) is 4.98 Å². The van der Waals surface area contributed by atoms with E-state index in [2.05, 4.69) is 77.2 Å². The van der Waals surface area contributed by atoms with Gasteiger partial charge in [-0.3, -0.25) is 0 Å². The molecule has 0 aliphatic carbocycles. The Kier molecular flexibility index (Phi) is 4.08. The van der Waals surface area contributed by atoms with Gasteiger partial charge in [0.1, 0.15) is 0 Å². The fraction of sp³-hybridized carbons (Fsp3) is 0.286. The van der Waals surface area contributed by atoms with E-state index >= 15 is 0 Å². The van der Waals surface area contributed by atoms with Crippen LogP contribution in [0.4, 0.5) is 5.95 Å². The number of imidazole rings is 1. The first-order valence-electron chi connectivity index (χ1n) is 8.77. The summed E-state index contributed by atoms with van der Waals surface area (Å²) in [5, 5.41) is 0. The van der Waals surface area contributed by atoms with Crippen molar-refractivity contribution in [3.05, 3.63) is 60.7 Å². The van der Waals surface area contributed by atoms with E-state index in [1.807, 2.05) is 0 Å². The molecular formula is C21H23N3. The van der Waals surface area contributed by atoms with Gasteiger partial charge in [-0.05, 0) is 19.3 Å². The molecule has 2 aromatic carbocycles. The lowest BCUT2D eigenvalue weighted by Crippen LogP contribution is -2.31. The van der Waals surface area contributed by atoms with E-state index in [9.17, 15) is 0 Å². The average molecular weight is 317 g/mol. The van der Waals surface area contributed by atoms with Crippen LogP contribution in [0.15, 0.2) is 60.7 Å². The SMILES string of the molecule is Cn1c(N2CCCCC2)nc(-c2ccccc2)c1-c1ccccc1. The third kappa shape index (κ3) is 2.71. The maximum atomic E-state index is 5.07. The summed E-state index contributed by atoms with van der Waals surface area (Å²) in [4.78, 5) is 7.50. The van der Waals surface area contributed by atoms with Crippen molar-refractivity contribution >= 4 is 5.95 Å². The van der Waals surface area contributed by atoms with Crippen LogP contribution in [0.3, 0.4) is 0 Å². The van der Waals surface area contributed by atoms with Gasteiger partial charge in [0.25, 0.3) is 0 Å². The lowest BCUT2D eigenvalue weighted by Gasteiger charge is -2.27. The first kappa shape index (κ1) is 15.0. The van der Waals surface area contributed by atoms with E-state index in [0.717, 1.165) is 24.7 Å². The number of nitrogens with zero attached hydrogens (tertiary/aromatic N) is 3. The molecular weight excluding hydrogens is 294 g/mol. The number of hydrogen-bond donors (Lipinski definition) is 0. The molecule has 4 rings (SSSR count). The Hall–Kier alpha value is -2.55. The average Bonchev–Trinajstić information content (AvgIpc) is 3.01. The Morgan fingerprint density at radius 1 is 0.750 bits per heavy atom. The van der Waals surface area contributed by atoms with Crippen molar-refractivity contribution in [2.75, 3.05) is 18.0 Å². The molecule has 122 valence electrons. The van der Waals surface area contributed by atoms with Crippen LogP contribution in [0.1, 0.15) is 19.3 Å². The van der Waals surface area contributed by atoms with Crippen LogP contribution < -0.4 is 4.90 Å². The lowest BCUT2D eigenvalue weighted by molar-refractivity contribution is 0.562. The lowest BCUT2D eigenvalue weighted by atomic mass is 10.1. The molecule has 0 spiro atoms. The second kappa shape index (κ2) is 6.52. The Labute approximate surface area is 143 Å². The highest BCUT2D eigenvalue weighted by atomic mass is 15.3. The Bertz CT molecular complexity index is 800. The van der Waals surface area contributed by atoms with Crippen LogP contribution in [-0.4, -0.2) is 22.6 Å². The summed E-state index contributed by atoms with van der Waals surface area (Å²) < 4.78 is 2.27. The second-order valence-electron chi connectivity index (χ2n) is 6.45. The molecule has 0 saturated carbocycles. The molecule has 3 heteroatoms. The van der Waals surface area contributed by atoms with Gasteiger partial charge in [-0.25, -0.2) is 4.98 Å². The van der Waals surface area contributed by atoms with Gasteiger partial charge in [0.2, 0.25) is 5.95 Å². The van der Waals surface area contributed by atoms with Crippen molar-refractivity contribution in [3.8, 4) is 22.5 Å².